The maximum atomic E-state index is 2.41. The minimum absolute atomic E-state index is 0.0112. The normalized spacial score (nSPS) is 14.0. The van der Waals surface area contributed by atoms with E-state index in [1.165, 1.54) is 32.0 Å². The maximum Gasteiger partial charge on any atom is 0.0649 e. The van der Waals surface area contributed by atoms with Crippen LogP contribution in [-0.2, 0) is 21.7 Å². The van der Waals surface area contributed by atoms with Crippen LogP contribution in [0.5, 0.6) is 0 Å². The average molecular weight is 485 g/mol. The first-order valence-corrected chi connectivity index (χ1v) is 13.9. The summed E-state index contributed by atoms with van der Waals surface area (Å²) >= 11 is 3.98. The average Bonchev–Trinajstić information content (AvgIpc) is 2.57. The second kappa shape index (κ2) is 9.30. The molecule has 0 heterocycles. The van der Waals surface area contributed by atoms with Gasteiger partial charge < -0.3 is 0 Å². The number of rotatable bonds is 4. The summed E-state index contributed by atoms with van der Waals surface area (Å²) in [6, 6.07) is 14.5. The molecule has 2 heteroatoms. The van der Waals surface area contributed by atoms with Crippen LogP contribution in [-0.4, -0.2) is 4.08 Å². The Hall–Kier alpha value is -0.860. The van der Waals surface area contributed by atoms with Crippen LogP contribution >= 0.6 is 23.5 Å². The maximum absolute atomic E-state index is 2.41. The molecule has 0 aliphatic heterocycles. The summed E-state index contributed by atoms with van der Waals surface area (Å²) in [4.78, 5) is 2.74. The molecule has 0 saturated heterocycles. The quantitative estimate of drug-likeness (QED) is 0.312. The molecular weight excluding hydrogens is 436 g/mol. The molecule has 0 nitrogen and oxygen atoms in total. The predicted octanol–water partition coefficient (Wildman–Crippen LogP) is 10.5. The highest BCUT2D eigenvalue weighted by Gasteiger charge is 2.27. The fourth-order valence-electron chi connectivity index (χ4n) is 3.64. The van der Waals surface area contributed by atoms with Gasteiger partial charge in [-0.05, 0) is 82.0 Å². The van der Waals surface area contributed by atoms with Gasteiger partial charge in [0.1, 0.15) is 0 Å². The number of benzene rings is 2. The van der Waals surface area contributed by atoms with Gasteiger partial charge in [-0.15, -0.1) is 23.5 Å². The summed E-state index contributed by atoms with van der Waals surface area (Å²) in [5, 5.41) is 0. The molecule has 0 bridgehead atoms. The minimum atomic E-state index is 0.0112. The van der Waals surface area contributed by atoms with Crippen molar-refractivity contribution < 1.29 is 0 Å². The Morgan fingerprint density at radius 1 is 0.364 bits per heavy atom. The molecule has 0 spiro atoms. The van der Waals surface area contributed by atoms with Crippen molar-refractivity contribution in [2.75, 3.05) is 0 Å². The first-order chi connectivity index (χ1) is 14.6. The summed E-state index contributed by atoms with van der Waals surface area (Å²) in [6.45, 7) is 32.5. The molecule has 0 aliphatic carbocycles. The van der Waals surface area contributed by atoms with Crippen LogP contribution in [0.2, 0.25) is 0 Å². The first-order valence-electron chi connectivity index (χ1n) is 12.3. The molecular formula is C31H48S2. The molecule has 0 saturated carbocycles. The third kappa shape index (κ3) is 8.10. The van der Waals surface area contributed by atoms with E-state index in [4.69, 9.17) is 0 Å². The molecule has 2 rings (SSSR count). The van der Waals surface area contributed by atoms with E-state index in [0.717, 1.165) is 0 Å². The standard InChI is InChI=1S/C31H48S2/c1-27(2,3)21-15-22(28(4,5)6)18-25(17-21)32-31(13,14)33-26-19-23(29(7,8)9)16-24(20-26)30(10,11)12/h15-20H,1-14H3. The Labute approximate surface area is 214 Å². The van der Waals surface area contributed by atoms with Crippen LogP contribution in [0.15, 0.2) is 46.2 Å². The fourth-order valence-corrected chi connectivity index (χ4v) is 6.26. The third-order valence-electron chi connectivity index (χ3n) is 6.00. The van der Waals surface area contributed by atoms with Gasteiger partial charge in [0.25, 0.3) is 0 Å². The van der Waals surface area contributed by atoms with Crippen molar-refractivity contribution in [3.8, 4) is 0 Å². The van der Waals surface area contributed by atoms with E-state index in [1.807, 2.05) is 23.5 Å². The van der Waals surface area contributed by atoms with Gasteiger partial charge in [0, 0.05) is 9.79 Å². The highest BCUT2D eigenvalue weighted by Crippen LogP contribution is 2.47. The van der Waals surface area contributed by atoms with Crippen LogP contribution in [0.4, 0.5) is 0 Å². The topological polar surface area (TPSA) is 0 Å². The Morgan fingerprint density at radius 2 is 0.576 bits per heavy atom. The van der Waals surface area contributed by atoms with Crippen LogP contribution in [0, 0.1) is 0 Å². The molecule has 0 fully saturated rings. The summed E-state index contributed by atoms with van der Waals surface area (Å²) in [6.07, 6.45) is 0. The summed E-state index contributed by atoms with van der Waals surface area (Å²) < 4.78 is 0.0112. The SMILES string of the molecule is CC(C)(Sc1cc(C(C)(C)C)cc(C(C)(C)C)c1)Sc1cc(C(C)(C)C)cc(C(C)(C)C)c1. The highest BCUT2D eigenvalue weighted by molar-refractivity contribution is 8.18. The van der Waals surface area contributed by atoms with E-state index in [0.29, 0.717) is 0 Å². The van der Waals surface area contributed by atoms with Crippen LogP contribution in [0.3, 0.4) is 0 Å². The molecule has 0 aromatic heterocycles. The summed E-state index contributed by atoms with van der Waals surface area (Å²) in [5.41, 5.74) is 6.22. The van der Waals surface area contributed by atoms with Gasteiger partial charge in [-0.2, -0.15) is 0 Å². The second-order valence-electron chi connectivity index (χ2n) is 14.1. The van der Waals surface area contributed by atoms with Gasteiger partial charge in [0.15, 0.2) is 0 Å². The Balaban J connectivity index is 2.47. The van der Waals surface area contributed by atoms with Crippen molar-refractivity contribution >= 4 is 23.5 Å². The molecule has 0 aliphatic rings. The lowest BCUT2D eigenvalue weighted by Gasteiger charge is -2.30. The third-order valence-corrected chi connectivity index (χ3v) is 8.43. The Bertz CT molecular complexity index is 824. The number of hydrogen-bond acceptors (Lipinski definition) is 2. The fraction of sp³-hybridized carbons (Fsp3) is 0.613. The summed E-state index contributed by atoms with van der Waals surface area (Å²) in [7, 11) is 0. The Morgan fingerprint density at radius 3 is 0.758 bits per heavy atom. The smallest absolute Gasteiger partial charge is 0.0649 e. The predicted molar refractivity (Wildman–Crippen MR) is 153 cm³/mol. The number of hydrogen-bond donors (Lipinski definition) is 0. The monoisotopic (exact) mass is 484 g/mol. The van der Waals surface area contributed by atoms with Crippen LogP contribution < -0.4 is 0 Å². The van der Waals surface area contributed by atoms with Gasteiger partial charge in [-0.25, -0.2) is 0 Å². The van der Waals surface area contributed by atoms with Gasteiger partial charge in [-0.3, -0.25) is 0 Å². The molecule has 0 amide bonds. The molecule has 184 valence electrons. The molecule has 0 unspecified atom stereocenters. The van der Waals surface area contributed by atoms with Gasteiger partial charge in [0.2, 0.25) is 0 Å². The molecule has 0 N–H and O–H groups in total. The molecule has 0 atom stereocenters. The van der Waals surface area contributed by atoms with Crippen LogP contribution in [0.25, 0.3) is 0 Å². The Kier molecular flexibility index (Phi) is 8.00. The van der Waals surface area contributed by atoms with E-state index in [1.54, 1.807) is 0 Å². The van der Waals surface area contributed by atoms with Gasteiger partial charge >= 0.3 is 0 Å². The zero-order chi connectivity index (χ0) is 25.6. The number of thioether (sulfide) groups is 2. The first kappa shape index (κ1) is 28.4. The zero-order valence-electron chi connectivity index (χ0n) is 23.8. The van der Waals surface area contributed by atoms with E-state index >= 15 is 0 Å². The van der Waals surface area contributed by atoms with Crippen molar-refractivity contribution in [1.82, 2.24) is 0 Å². The lowest BCUT2D eigenvalue weighted by atomic mass is 9.81. The van der Waals surface area contributed by atoms with Crippen molar-refractivity contribution in [1.29, 1.82) is 0 Å². The molecule has 33 heavy (non-hydrogen) atoms. The highest BCUT2D eigenvalue weighted by atomic mass is 32.2. The van der Waals surface area contributed by atoms with Crippen molar-refractivity contribution in [2.24, 2.45) is 0 Å². The summed E-state index contributed by atoms with van der Waals surface area (Å²) in [5.74, 6) is 0. The van der Waals surface area contributed by atoms with Gasteiger partial charge in [-0.1, -0.05) is 95.2 Å². The van der Waals surface area contributed by atoms with Crippen molar-refractivity contribution in [3.63, 3.8) is 0 Å². The lowest BCUT2D eigenvalue weighted by molar-refractivity contribution is 0.565. The minimum Gasteiger partial charge on any atom is -0.109 e. The van der Waals surface area contributed by atoms with E-state index in [9.17, 15) is 0 Å². The molecule has 2 aromatic carbocycles. The lowest BCUT2D eigenvalue weighted by Crippen LogP contribution is -2.18. The largest absolute Gasteiger partial charge is 0.109 e. The van der Waals surface area contributed by atoms with E-state index < -0.39 is 0 Å². The van der Waals surface area contributed by atoms with Crippen molar-refractivity contribution in [3.05, 3.63) is 58.7 Å². The zero-order valence-corrected chi connectivity index (χ0v) is 25.4. The van der Waals surface area contributed by atoms with Crippen LogP contribution in [0.1, 0.15) is 119 Å². The van der Waals surface area contributed by atoms with Crippen molar-refractivity contribution in [2.45, 2.75) is 132 Å². The molecule has 0 radical (unpaired) electrons. The van der Waals surface area contributed by atoms with Gasteiger partial charge in [0.05, 0.1) is 4.08 Å². The molecule has 2 aromatic rings. The van der Waals surface area contributed by atoms with E-state index in [-0.39, 0.29) is 25.7 Å². The second-order valence-corrected chi connectivity index (χ2v) is 17.7. The van der Waals surface area contributed by atoms with E-state index in [2.05, 4.69) is 133 Å².